The molecule has 2 aromatic carbocycles. The second kappa shape index (κ2) is 8.72. The molecule has 0 unspecified atom stereocenters. The van der Waals surface area contributed by atoms with E-state index < -0.39 is 0 Å². The Bertz CT molecular complexity index is 694. The molecule has 1 amide bonds. The van der Waals surface area contributed by atoms with Crippen molar-refractivity contribution in [3.8, 4) is 11.5 Å². The second-order valence-electron chi connectivity index (χ2n) is 5.58. The molecular formula is C19H22N2O3. The van der Waals surface area contributed by atoms with Gasteiger partial charge in [-0.1, -0.05) is 38.1 Å². The number of carbonyl (C=O) groups is 1. The third-order valence-electron chi connectivity index (χ3n) is 3.41. The first kappa shape index (κ1) is 17.5. The zero-order valence-electron chi connectivity index (χ0n) is 14.2. The van der Waals surface area contributed by atoms with Crippen molar-refractivity contribution in [1.82, 2.24) is 5.43 Å². The van der Waals surface area contributed by atoms with E-state index in [0.29, 0.717) is 11.7 Å². The Morgan fingerprint density at radius 3 is 2.58 bits per heavy atom. The van der Waals surface area contributed by atoms with Gasteiger partial charge < -0.3 is 9.47 Å². The summed E-state index contributed by atoms with van der Waals surface area (Å²) in [5.74, 6) is 1.54. The first-order chi connectivity index (χ1) is 11.6. The van der Waals surface area contributed by atoms with Crippen molar-refractivity contribution in [2.45, 2.75) is 19.8 Å². The van der Waals surface area contributed by atoms with Crippen LogP contribution >= 0.6 is 0 Å². The van der Waals surface area contributed by atoms with E-state index in [1.54, 1.807) is 13.3 Å². The lowest BCUT2D eigenvalue weighted by Gasteiger charge is -2.08. The molecule has 1 N–H and O–H groups in total. The molecule has 0 spiro atoms. The Morgan fingerprint density at radius 2 is 1.92 bits per heavy atom. The van der Waals surface area contributed by atoms with Gasteiger partial charge in [-0.15, -0.1) is 0 Å². The fraction of sp³-hybridized carbons (Fsp3) is 0.263. The van der Waals surface area contributed by atoms with Crippen molar-refractivity contribution in [2.24, 2.45) is 5.10 Å². The molecule has 2 aromatic rings. The van der Waals surface area contributed by atoms with Crippen molar-refractivity contribution in [3.05, 3.63) is 59.7 Å². The molecule has 0 aromatic heterocycles. The lowest BCUT2D eigenvalue weighted by atomic mass is 10.0. The minimum Gasteiger partial charge on any atom is -0.497 e. The minimum atomic E-state index is -0.318. The molecule has 0 aliphatic carbocycles. The van der Waals surface area contributed by atoms with Crippen LogP contribution in [-0.2, 0) is 4.79 Å². The number of benzene rings is 2. The second-order valence-corrected chi connectivity index (χ2v) is 5.58. The third kappa shape index (κ3) is 5.43. The van der Waals surface area contributed by atoms with Crippen molar-refractivity contribution < 1.29 is 14.3 Å². The van der Waals surface area contributed by atoms with E-state index in [-0.39, 0.29) is 12.5 Å². The van der Waals surface area contributed by atoms with Crippen molar-refractivity contribution in [3.63, 3.8) is 0 Å². The van der Waals surface area contributed by atoms with Gasteiger partial charge in [0.15, 0.2) is 6.61 Å². The molecule has 0 fully saturated rings. The fourth-order valence-electron chi connectivity index (χ4n) is 2.03. The molecule has 0 saturated carbocycles. The normalized spacial score (nSPS) is 10.8. The summed E-state index contributed by atoms with van der Waals surface area (Å²) in [6.07, 6.45) is 1.55. The topological polar surface area (TPSA) is 59.9 Å². The lowest BCUT2D eigenvalue weighted by molar-refractivity contribution is -0.123. The number of ether oxygens (including phenoxy) is 2. The number of rotatable bonds is 7. The molecule has 126 valence electrons. The number of hydrazone groups is 1. The average molecular weight is 326 g/mol. The molecule has 0 aliphatic rings. The smallest absolute Gasteiger partial charge is 0.277 e. The summed E-state index contributed by atoms with van der Waals surface area (Å²) in [5, 5.41) is 3.91. The van der Waals surface area contributed by atoms with Gasteiger partial charge in [-0.05, 0) is 41.3 Å². The van der Waals surface area contributed by atoms with E-state index in [9.17, 15) is 4.79 Å². The van der Waals surface area contributed by atoms with Crippen LogP contribution in [0.15, 0.2) is 53.6 Å². The molecule has 24 heavy (non-hydrogen) atoms. The average Bonchev–Trinajstić information content (AvgIpc) is 2.60. The van der Waals surface area contributed by atoms with Gasteiger partial charge in [-0.2, -0.15) is 5.10 Å². The Labute approximate surface area is 142 Å². The minimum absolute atomic E-state index is 0.0868. The summed E-state index contributed by atoms with van der Waals surface area (Å²) < 4.78 is 10.6. The Morgan fingerprint density at radius 1 is 1.17 bits per heavy atom. The Kier molecular flexibility index (Phi) is 6.37. The van der Waals surface area contributed by atoms with E-state index in [0.717, 1.165) is 11.3 Å². The van der Waals surface area contributed by atoms with Crippen LogP contribution in [0.5, 0.6) is 11.5 Å². The van der Waals surface area contributed by atoms with Gasteiger partial charge >= 0.3 is 0 Å². The van der Waals surface area contributed by atoms with E-state index in [4.69, 9.17) is 9.47 Å². The third-order valence-corrected chi connectivity index (χ3v) is 3.41. The standard InChI is InChI=1S/C19H22N2O3/c1-14(2)16-7-9-17(10-8-16)24-13-19(22)21-20-12-15-5-4-6-18(11-15)23-3/h4-12,14H,13H2,1-3H3,(H,21,22). The first-order valence-electron chi connectivity index (χ1n) is 7.77. The maximum absolute atomic E-state index is 11.7. The van der Waals surface area contributed by atoms with Crippen LogP contribution in [0.25, 0.3) is 0 Å². The largest absolute Gasteiger partial charge is 0.497 e. The van der Waals surface area contributed by atoms with Gasteiger partial charge in [0, 0.05) is 0 Å². The number of carbonyl (C=O) groups excluding carboxylic acids is 1. The zero-order valence-corrected chi connectivity index (χ0v) is 14.2. The highest BCUT2D eigenvalue weighted by Gasteiger charge is 2.03. The lowest BCUT2D eigenvalue weighted by Crippen LogP contribution is -2.24. The van der Waals surface area contributed by atoms with Crippen molar-refractivity contribution in [2.75, 3.05) is 13.7 Å². The molecule has 5 nitrogen and oxygen atoms in total. The van der Waals surface area contributed by atoms with E-state index >= 15 is 0 Å². The van der Waals surface area contributed by atoms with Crippen LogP contribution in [0.3, 0.4) is 0 Å². The van der Waals surface area contributed by atoms with Crippen LogP contribution in [0, 0.1) is 0 Å². The summed E-state index contributed by atoms with van der Waals surface area (Å²) in [4.78, 5) is 11.7. The van der Waals surface area contributed by atoms with Crippen LogP contribution in [0.4, 0.5) is 0 Å². The van der Waals surface area contributed by atoms with Gasteiger partial charge in [0.2, 0.25) is 0 Å². The summed E-state index contributed by atoms with van der Waals surface area (Å²) in [6.45, 7) is 4.17. The van der Waals surface area contributed by atoms with E-state index in [2.05, 4.69) is 24.4 Å². The Balaban J connectivity index is 1.79. The van der Waals surface area contributed by atoms with Crippen molar-refractivity contribution >= 4 is 12.1 Å². The van der Waals surface area contributed by atoms with Crippen molar-refractivity contribution in [1.29, 1.82) is 0 Å². The number of nitrogens with zero attached hydrogens (tertiary/aromatic N) is 1. The molecule has 0 aliphatic heterocycles. The van der Waals surface area contributed by atoms with Gasteiger partial charge in [-0.3, -0.25) is 4.79 Å². The Hall–Kier alpha value is -2.82. The molecule has 2 rings (SSSR count). The number of nitrogens with one attached hydrogen (secondary N) is 1. The van der Waals surface area contributed by atoms with Crippen LogP contribution in [0.1, 0.15) is 30.9 Å². The highest BCUT2D eigenvalue weighted by atomic mass is 16.5. The van der Waals surface area contributed by atoms with Crippen LogP contribution < -0.4 is 14.9 Å². The number of amides is 1. The SMILES string of the molecule is COc1cccc(C=NNC(=O)COc2ccc(C(C)C)cc2)c1. The highest BCUT2D eigenvalue weighted by molar-refractivity contribution is 5.83. The molecule has 0 saturated heterocycles. The monoisotopic (exact) mass is 326 g/mol. The molecule has 5 heteroatoms. The number of hydrogen-bond donors (Lipinski definition) is 1. The molecule has 0 heterocycles. The fourth-order valence-corrected chi connectivity index (χ4v) is 2.03. The quantitative estimate of drug-likeness (QED) is 0.627. The first-order valence-corrected chi connectivity index (χ1v) is 7.77. The van der Waals surface area contributed by atoms with Crippen LogP contribution in [-0.4, -0.2) is 25.8 Å². The number of hydrogen-bond acceptors (Lipinski definition) is 4. The summed E-state index contributed by atoms with van der Waals surface area (Å²) in [6, 6.07) is 15.1. The summed E-state index contributed by atoms with van der Waals surface area (Å²) in [7, 11) is 1.60. The predicted molar refractivity (Wildman–Crippen MR) is 94.8 cm³/mol. The number of methoxy groups -OCH3 is 1. The zero-order chi connectivity index (χ0) is 17.4. The maximum atomic E-state index is 11.7. The van der Waals surface area contributed by atoms with Gasteiger partial charge in [0.05, 0.1) is 13.3 Å². The predicted octanol–water partition coefficient (Wildman–Crippen LogP) is 3.35. The van der Waals surface area contributed by atoms with Gasteiger partial charge in [0.1, 0.15) is 11.5 Å². The summed E-state index contributed by atoms with van der Waals surface area (Å²) >= 11 is 0. The highest BCUT2D eigenvalue weighted by Crippen LogP contribution is 2.18. The molecule has 0 atom stereocenters. The van der Waals surface area contributed by atoms with Crippen LogP contribution in [0.2, 0.25) is 0 Å². The maximum Gasteiger partial charge on any atom is 0.277 e. The van der Waals surface area contributed by atoms with Gasteiger partial charge in [0.25, 0.3) is 5.91 Å². The van der Waals surface area contributed by atoms with E-state index in [1.807, 2.05) is 48.5 Å². The molecular weight excluding hydrogens is 304 g/mol. The van der Waals surface area contributed by atoms with Gasteiger partial charge in [-0.25, -0.2) is 5.43 Å². The summed E-state index contributed by atoms with van der Waals surface area (Å²) in [5.41, 5.74) is 4.50. The molecule has 0 radical (unpaired) electrons. The molecule has 0 bridgehead atoms. The van der Waals surface area contributed by atoms with E-state index in [1.165, 1.54) is 5.56 Å².